The Labute approximate surface area is 168 Å². The molecule has 0 fully saturated rings. The molecule has 0 saturated heterocycles. The first kappa shape index (κ1) is 16.4. The van der Waals surface area contributed by atoms with E-state index >= 15 is 0 Å². The van der Waals surface area contributed by atoms with E-state index in [0.29, 0.717) is 16.3 Å². The molecule has 4 nitrogen and oxygen atoms in total. The van der Waals surface area contributed by atoms with Gasteiger partial charge in [-0.25, -0.2) is 15.0 Å². The molecule has 0 atom stereocenters. The molecule has 0 N–H and O–H groups in total. The Morgan fingerprint density at radius 3 is 2.30 bits per heavy atom. The Morgan fingerprint density at radius 1 is 0.778 bits per heavy atom. The minimum absolute atomic E-state index is 0.587. The smallest absolute Gasteiger partial charge is 0.199 e. The van der Waals surface area contributed by atoms with Gasteiger partial charge >= 0.3 is 0 Å². The lowest BCUT2D eigenvalue weighted by Crippen LogP contribution is -2.00. The number of hydrogen-bond donors (Lipinski definition) is 0. The van der Waals surface area contributed by atoms with Crippen molar-refractivity contribution in [1.82, 2.24) is 19.5 Å². The maximum Gasteiger partial charge on any atom is 0.199 e. The van der Waals surface area contributed by atoms with Gasteiger partial charge in [0.2, 0.25) is 0 Å². The summed E-state index contributed by atoms with van der Waals surface area (Å²) < 4.78 is 2.95. The van der Waals surface area contributed by atoms with Crippen molar-refractivity contribution in [1.29, 1.82) is 0 Å². The Morgan fingerprint density at radius 2 is 1.52 bits per heavy atom. The van der Waals surface area contributed by atoms with E-state index in [0.717, 1.165) is 32.6 Å². The Bertz CT molecular complexity index is 1310. The van der Waals surface area contributed by atoms with Crippen molar-refractivity contribution in [2.75, 3.05) is 0 Å². The molecule has 0 spiro atoms. The highest BCUT2D eigenvalue weighted by Crippen LogP contribution is 2.32. The zero-order valence-corrected chi connectivity index (χ0v) is 16.3. The van der Waals surface area contributed by atoms with Crippen molar-refractivity contribution < 1.29 is 0 Å². The highest BCUT2D eigenvalue weighted by molar-refractivity contribution is 9.10. The van der Waals surface area contributed by atoms with Gasteiger partial charge in [-0.3, -0.25) is 4.57 Å². The molecule has 2 heterocycles. The van der Waals surface area contributed by atoms with Gasteiger partial charge in [0.1, 0.15) is 5.82 Å². The highest BCUT2D eigenvalue weighted by atomic mass is 79.9. The maximum absolute atomic E-state index is 6.52. The van der Waals surface area contributed by atoms with Crippen molar-refractivity contribution >= 4 is 49.9 Å². The third kappa shape index (κ3) is 2.80. The van der Waals surface area contributed by atoms with Crippen LogP contribution in [0.25, 0.3) is 39.4 Å². The predicted molar refractivity (Wildman–Crippen MR) is 112 cm³/mol. The van der Waals surface area contributed by atoms with Crippen LogP contribution < -0.4 is 0 Å². The molecule has 2 aromatic heterocycles. The summed E-state index contributed by atoms with van der Waals surface area (Å²) in [5.74, 6) is 0.745. The van der Waals surface area contributed by atoms with Crippen LogP contribution in [0.5, 0.6) is 0 Å². The molecule has 130 valence electrons. The van der Waals surface area contributed by atoms with Gasteiger partial charge in [-0.15, -0.1) is 0 Å². The van der Waals surface area contributed by atoms with E-state index in [4.69, 9.17) is 26.6 Å². The fourth-order valence-corrected chi connectivity index (χ4v) is 3.76. The maximum atomic E-state index is 6.52. The fraction of sp³-hybridized carbons (Fsp3) is 0. The molecule has 6 heteroatoms. The lowest BCUT2D eigenvalue weighted by atomic mass is 10.2. The molecule has 5 rings (SSSR count). The number of para-hydroxylation sites is 3. The van der Waals surface area contributed by atoms with Gasteiger partial charge in [0.05, 0.1) is 21.7 Å². The first-order valence-corrected chi connectivity index (χ1v) is 9.54. The highest BCUT2D eigenvalue weighted by Gasteiger charge is 2.19. The molecule has 3 aromatic carbocycles. The van der Waals surface area contributed by atoms with Crippen LogP contribution in [0.1, 0.15) is 0 Å². The summed E-state index contributed by atoms with van der Waals surface area (Å²) in [6, 6.07) is 23.5. The van der Waals surface area contributed by atoms with E-state index in [9.17, 15) is 0 Å². The van der Waals surface area contributed by atoms with Crippen LogP contribution >= 0.6 is 27.5 Å². The standard InChI is InChI=1S/C21H12BrClN4/c22-14-7-5-6-13(12-14)20-26-19-21(25-17-10-3-2-9-16(17)24-19)27(20)18-11-4-1-8-15(18)23/h1-12H. The van der Waals surface area contributed by atoms with Crippen molar-refractivity contribution in [3.63, 3.8) is 0 Å². The second kappa shape index (κ2) is 6.44. The van der Waals surface area contributed by atoms with Crippen LogP contribution in [0.4, 0.5) is 0 Å². The summed E-state index contributed by atoms with van der Waals surface area (Å²) in [4.78, 5) is 14.3. The van der Waals surface area contributed by atoms with Gasteiger partial charge < -0.3 is 0 Å². The number of halogens is 2. The summed E-state index contributed by atoms with van der Waals surface area (Å²) in [6.07, 6.45) is 0. The summed E-state index contributed by atoms with van der Waals surface area (Å²) in [5, 5.41) is 0.628. The number of benzene rings is 3. The van der Waals surface area contributed by atoms with Crippen LogP contribution in [0.2, 0.25) is 5.02 Å². The van der Waals surface area contributed by atoms with Crippen molar-refractivity contribution in [3.8, 4) is 17.1 Å². The topological polar surface area (TPSA) is 43.6 Å². The third-order valence-corrected chi connectivity index (χ3v) is 5.16. The van der Waals surface area contributed by atoms with E-state index in [-0.39, 0.29) is 0 Å². The Kier molecular flexibility index (Phi) is 3.92. The molecular weight excluding hydrogens is 424 g/mol. The van der Waals surface area contributed by atoms with Crippen LogP contribution in [0.3, 0.4) is 0 Å². The lowest BCUT2D eigenvalue weighted by Gasteiger charge is -2.11. The molecule has 0 aliphatic heterocycles. The zero-order chi connectivity index (χ0) is 18.4. The van der Waals surface area contributed by atoms with Crippen molar-refractivity contribution in [3.05, 3.63) is 82.3 Å². The molecule has 0 aliphatic rings. The largest absolute Gasteiger partial charge is 0.274 e. The minimum atomic E-state index is 0.587. The quantitative estimate of drug-likeness (QED) is 0.339. The third-order valence-electron chi connectivity index (χ3n) is 4.35. The number of rotatable bonds is 2. The second-order valence-corrected chi connectivity index (χ2v) is 7.41. The average Bonchev–Trinajstić information content (AvgIpc) is 3.05. The summed E-state index contributed by atoms with van der Waals surface area (Å²) in [5.41, 5.74) is 4.67. The monoisotopic (exact) mass is 434 g/mol. The Balaban J connectivity index is 1.92. The first-order valence-electron chi connectivity index (χ1n) is 8.37. The van der Waals surface area contributed by atoms with E-state index in [1.807, 2.05) is 77.4 Å². The van der Waals surface area contributed by atoms with Gasteiger partial charge in [-0.1, -0.05) is 63.9 Å². The summed E-state index contributed by atoms with van der Waals surface area (Å²) in [6.45, 7) is 0. The molecule has 0 amide bonds. The van der Waals surface area contributed by atoms with Gasteiger partial charge in [0, 0.05) is 10.0 Å². The van der Waals surface area contributed by atoms with Crippen LogP contribution in [-0.4, -0.2) is 19.5 Å². The van der Waals surface area contributed by atoms with Crippen LogP contribution in [-0.2, 0) is 0 Å². The molecule has 0 aliphatic carbocycles. The number of hydrogen-bond acceptors (Lipinski definition) is 3. The number of fused-ring (bicyclic) bond motifs is 2. The molecule has 0 bridgehead atoms. The average molecular weight is 436 g/mol. The van der Waals surface area contributed by atoms with Gasteiger partial charge in [0.15, 0.2) is 11.3 Å². The van der Waals surface area contributed by atoms with Crippen molar-refractivity contribution in [2.24, 2.45) is 0 Å². The fourth-order valence-electron chi connectivity index (χ4n) is 3.14. The van der Waals surface area contributed by atoms with E-state index < -0.39 is 0 Å². The molecule has 0 saturated carbocycles. The number of aromatic nitrogens is 4. The molecule has 5 aromatic rings. The lowest BCUT2D eigenvalue weighted by molar-refractivity contribution is 1.08. The predicted octanol–water partition coefficient (Wildman–Crippen LogP) is 6.05. The van der Waals surface area contributed by atoms with Gasteiger partial charge in [0.25, 0.3) is 0 Å². The second-order valence-electron chi connectivity index (χ2n) is 6.09. The van der Waals surface area contributed by atoms with Crippen LogP contribution in [0.15, 0.2) is 77.3 Å². The number of nitrogens with zero attached hydrogens (tertiary/aromatic N) is 4. The van der Waals surface area contributed by atoms with E-state index in [1.54, 1.807) is 0 Å². The van der Waals surface area contributed by atoms with Crippen molar-refractivity contribution in [2.45, 2.75) is 0 Å². The molecule has 0 unspecified atom stereocenters. The molecular formula is C21H12BrClN4. The Hall–Kier alpha value is -2.76. The normalized spacial score (nSPS) is 11.3. The number of imidazole rings is 1. The summed E-state index contributed by atoms with van der Waals surface area (Å²) in [7, 11) is 0. The van der Waals surface area contributed by atoms with Gasteiger partial charge in [-0.2, -0.15) is 0 Å². The zero-order valence-electron chi connectivity index (χ0n) is 14.0. The van der Waals surface area contributed by atoms with E-state index in [1.165, 1.54) is 0 Å². The minimum Gasteiger partial charge on any atom is -0.274 e. The SMILES string of the molecule is Clc1ccccc1-n1c(-c2cccc(Br)c2)nc2nc3ccccc3nc21. The molecule has 0 radical (unpaired) electrons. The van der Waals surface area contributed by atoms with Crippen LogP contribution in [0, 0.1) is 0 Å². The van der Waals surface area contributed by atoms with E-state index in [2.05, 4.69) is 15.9 Å². The van der Waals surface area contributed by atoms with Gasteiger partial charge in [-0.05, 0) is 36.4 Å². The summed E-state index contributed by atoms with van der Waals surface area (Å²) >= 11 is 10.1. The molecule has 27 heavy (non-hydrogen) atoms. The first-order chi connectivity index (χ1) is 13.2.